The number of aromatic nitrogens is 1. The van der Waals surface area contributed by atoms with Gasteiger partial charge in [0.2, 0.25) is 10.0 Å². The number of rotatable bonds is 5. The molecule has 0 spiro atoms. The summed E-state index contributed by atoms with van der Waals surface area (Å²) in [4.78, 5) is 4.44. The summed E-state index contributed by atoms with van der Waals surface area (Å²) < 4.78 is 26.0. The van der Waals surface area contributed by atoms with Gasteiger partial charge in [0, 0.05) is 23.8 Å². The maximum Gasteiger partial charge on any atom is 0.211 e. The Bertz CT molecular complexity index is 579. The van der Waals surface area contributed by atoms with E-state index in [0.717, 1.165) is 29.4 Å². The standard InChI is InChI=1S/C14H22BrN3O2S/c1-16-13(14-12(15)6-3-7-17-14)9-11-5-4-8-18(10-11)21(2,19)20/h3,6-7,11,13,16H,4-5,8-10H2,1-2H3. The SMILES string of the molecule is CNC(CC1CCCN(S(C)(=O)=O)C1)c1ncccc1Br. The maximum absolute atomic E-state index is 11.7. The number of nitrogens with zero attached hydrogens (tertiary/aromatic N) is 2. The van der Waals surface area contributed by atoms with Crippen LogP contribution < -0.4 is 5.32 Å². The van der Waals surface area contributed by atoms with Crippen LogP contribution in [0.15, 0.2) is 22.8 Å². The van der Waals surface area contributed by atoms with Gasteiger partial charge in [-0.2, -0.15) is 0 Å². The highest BCUT2D eigenvalue weighted by molar-refractivity contribution is 9.10. The number of hydrogen-bond acceptors (Lipinski definition) is 4. The molecule has 0 aromatic carbocycles. The lowest BCUT2D eigenvalue weighted by molar-refractivity contribution is 0.239. The highest BCUT2D eigenvalue weighted by atomic mass is 79.9. The van der Waals surface area contributed by atoms with Gasteiger partial charge in [-0.25, -0.2) is 12.7 Å². The second kappa shape index (κ2) is 7.17. The molecular weight excluding hydrogens is 354 g/mol. The molecule has 2 atom stereocenters. The van der Waals surface area contributed by atoms with E-state index in [1.165, 1.54) is 6.26 Å². The van der Waals surface area contributed by atoms with E-state index in [9.17, 15) is 8.42 Å². The van der Waals surface area contributed by atoms with Crippen molar-refractivity contribution in [3.8, 4) is 0 Å². The van der Waals surface area contributed by atoms with Gasteiger partial charge in [0.05, 0.1) is 18.0 Å². The fraction of sp³-hybridized carbons (Fsp3) is 0.643. The number of pyridine rings is 1. The lowest BCUT2D eigenvalue weighted by atomic mass is 9.91. The molecule has 2 heterocycles. The van der Waals surface area contributed by atoms with Crippen molar-refractivity contribution in [1.29, 1.82) is 0 Å². The summed E-state index contributed by atoms with van der Waals surface area (Å²) in [6, 6.07) is 4.01. The highest BCUT2D eigenvalue weighted by Gasteiger charge is 2.28. The molecule has 118 valence electrons. The minimum atomic E-state index is -3.09. The lowest BCUT2D eigenvalue weighted by Crippen LogP contribution is -2.40. The van der Waals surface area contributed by atoms with Gasteiger partial charge in [-0.1, -0.05) is 0 Å². The summed E-state index contributed by atoms with van der Waals surface area (Å²) >= 11 is 3.54. The van der Waals surface area contributed by atoms with Crippen LogP contribution in [0, 0.1) is 5.92 Å². The third kappa shape index (κ3) is 4.48. The number of nitrogens with one attached hydrogen (secondary N) is 1. The maximum atomic E-state index is 11.7. The average Bonchev–Trinajstić information content (AvgIpc) is 2.45. The van der Waals surface area contributed by atoms with E-state index in [0.29, 0.717) is 19.0 Å². The van der Waals surface area contributed by atoms with Gasteiger partial charge in [-0.15, -0.1) is 0 Å². The molecule has 1 aliphatic rings. The Balaban J connectivity index is 2.07. The Labute approximate surface area is 135 Å². The fourth-order valence-corrected chi connectivity index (χ4v) is 4.35. The molecular formula is C14H22BrN3O2S. The van der Waals surface area contributed by atoms with E-state index in [2.05, 4.69) is 26.2 Å². The van der Waals surface area contributed by atoms with E-state index in [1.807, 2.05) is 19.2 Å². The predicted octanol–water partition coefficient (Wildman–Crippen LogP) is 2.17. The molecule has 1 saturated heterocycles. The van der Waals surface area contributed by atoms with Crippen LogP contribution in [0.25, 0.3) is 0 Å². The van der Waals surface area contributed by atoms with Gasteiger partial charge in [-0.3, -0.25) is 4.98 Å². The van der Waals surface area contributed by atoms with Crippen molar-refractivity contribution >= 4 is 26.0 Å². The molecule has 0 radical (unpaired) electrons. The van der Waals surface area contributed by atoms with Crippen LogP contribution in [0.2, 0.25) is 0 Å². The molecule has 21 heavy (non-hydrogen) atoms. The first kappa shape index (κ1) is 16.9. The zero-order chi connectivity index (χ0) is 15.5. The first-order valence-electron chi connectivity index (χ1n) is 7.14. The highest BCUT2D eigenvalue weighted by Crippen LogP contribution is 2.30. The van der Waals surface area contributed by atoms with E-state index < -0.39 is 10.0 Å². The Hall–Kier alpha value is -0.500. The molecule has 1 fully saturated rings. The Morgan fingerprint density at radius 2 is 2.33 bits per heavy atom. The molecule has 1 aliphatic heterocycles. The van der Waals surface area contributed by atoms with Crippen LogP contribution in [0.3, 0.4) is 0 Å². The van der Waals surface area contributed by atoms with Gasteiger partial charge in [0.1, 0.15) is 0 Å². The second-order valence-electron chi connectivity index (χ2n) is 5.58. The predicted molar refractivity (Wildman–Crippen MR) is 87.5 cm³/mol. The molecule has 1 aromatic heterocycles. The van der Waals surface area contributed by atoms with Crippen LogP contribution >= 0.6 is 15.9 Å². The molecule has 2 unspecified atom stereocenters. The van der Waals surface area contributed by atoms with Gasteiger partial charge in [0.25, 0.3) is 0 Å². The summed E-state index contributed by atoms with van der Waals surface area (Å²) in [7, 11) is -1.17. The molecule has 2 rings (SSSR count). The molecule has 1 N–H and O–H groups in total. The van der Waals surface area contributed by atoms with Crippen LogP contribution in [-0.2, 0) is 10.0 Å². The van der Waals surface area contributed by atoms with Crippen molar-refractivity contribution in [2.45, 2.75) is 25.3 Å². The molecule has 1 aromatic rings. The monoisotopic (exact) mass is 375 g/mol. The van der Waals surface area contributed by atoms with E-state index in [1.54, 1.807) is 10.5 Å². The molecule has 5 nitrogen and oxygen atoms in total. The van der Waals surface area contributed by atoms with Crippen molar-refractivity contribution in [1.82, 2.24) is 14.6 Å². The molecule has 0 bridgehead atoms. The normalized spacial score (nSPS) is 22.1. The van der Waals surface area contributed by atoms with Crippen LogP contribution in [0.1, 0.15) is 31.0 Å². The number of hydrogen-bond donors (Lipinski definition) is 1. The molecule has 0 amide bonds. The van der Waals surface area contributed by atoms with Crippen molar-refractivity contribution in [2.75, 3.05) is 26.4 Å². The fourth-order valence-electron chi connectivity index (χ4n) is 2.87. The first-order valence-corrected chi connectivity index (χ1v) is 9.78. The first-order chi connectivity index (χ1) is 9.91. The largest absolute Gasteiger partial charge is 0.312 e. The minimum Gasteiger partial charge on any atom is -0.312 e. The third-order valence-corrected chi connectivity index (χ3v) is 5.93. The summed E-state index contributed by atoms with van der Waals surface area (Å²) in [5, 5.41) is 3.30. The van der Waals surface area contributed by atoms with E-state index >= 15 is 0 Å². The zero-order valence-corrected chi connectivity index (χ0v) is 14.8. The van der Waals surface area contributed by atoms with E-state index in [4.69, 9.17) is 0 Å². The molecule has 0 saturated carbocycles. The minimum absolute atomic E-state index is 0.130. The van der Waals surface area contributed by atoms with Crippen molar-refractivity contribution < 1.29 is 8.42 Å². The summed E-state index contributed by atoms with van der Waals surface area (Å²) in [5.74, 6) is 0.361. The van der Waals surface area contributed by atoms with E-state index in [-0.39, 0.29) is 6.04 Å². The lowest BCUT2D eigenvalue weighted by Gasteiger charge is -2.33. The van der Waals surface area contributed by atoms with Crippen molar-refractivity contribution in [2.24, 2.45) is 5.92 Å². The van der Waals surface area contributed by atoms with Gasteiger partial charge in [0.15, 0.2) is 0 Å². The Kier molecular flexibility index (Phi) is 5.76. The quantitative estimate of drug-likeness (QED) is 0.856. The van der Waals surface area contributed by atoms with Crippen LogP contribution in [-0.4, -0.2) is 44.1 Å². The average molecular weight is 376 g/mol. The number of piperidine rings is 1. The zero-order valence-electron chi connectivity index (χ0n) is 12.4. The summed E-state index contributed by atoms with van der Waals surface area (Å²) in [6.07, 6.45) is 5.96. The van der Waals surface area contributed by atoms with Crippen LogP contribution in [0.4, 0.5) is 0 Å². The van der Waals surface area contributed by atoms with Gasteiger partial charge in [-0.05, 0) is 60.3 Å². The second-order valence-corrected chi connectivity index (χ2v) is 8.41. The van der Waals surface area contributed by atoms with Gasteiger partial charge >= 0.3 is 0 Å². The summed E-state index contributed by atoms with van der Waals surface area (Å²) in [6.45, 7) is 1.26. The smallest absolute Gasteiger partial charge is 0.211 e. The summed E-state index contributed by atoms with van der Waals surface area (Å²) in [5.41, 5.74) is 0.983. The van der Waals surface area contributed by atoms with Crippen molar-refractivity contribution in [3.63, 3.8) is 0 Å². The van der Waals surface area contributed by atoms with Gasteiger partial charge < -0.3 is 5.32 Å². The number of sulfonamides is 1. The third-order valence-electron chi connectivity index (χ3n) is 3.99. The number of halogens is 1. The topological polar surface area (TPSA) is 62.3 Å². The molecule has 7 heteroatoms. The molecule has 0 aliphatic carbocycles. The van der Waals surface area contributed by atoms with Crippen LogP contribution in [0.5, 0.6) is 0 Å². The Morgan fingerprint density at radius 1 is 1.57 bits per heavy atom. The van der Waals surface area contributed by atoms with Crippen molar-refractivity contribution in [3.05, 3.63) is 28.5 Å². The Morgan fingerprint density at radius 3 is 2.95 bits per heavy atom.